The number of carbonyl (C=O) groups excluding carboxylic acids is 1. The molecule has 2 unspecified atom stereocenters. The molecule has 2 rings (SSSR count). The number of hydrogen-bond donors (Lipinski definition) is 3. The van der Waals surface area contributed by atoms with Crippen LogP contribution in [0.4, 0.5) is 0 Å². The van der Waals surface area contributed by atoms with E-state index in [1.807, 2.05) is 26.0 Å². The van der Waals surface area contributed by atoms with Crippen LogP contribution in [-0.2, 0) is 20.7 Å². The van der Waals surface area contributed by atoms with Crippen LogP contribution in [-0.4, -0.2) is 69.8 Å². The summed E-state index contributed by atoms with van der Waals surface area (Å²) in [6.07, 6.45) is 5.16. The molecular formula is C31H54N2O6. The lowest BCUT2D eigenvalue weighted by atomic mass is 9.81. The second-order valence-corrected chi connectivity index (χ2v) is 11.7. The highest BCUT2D eigenvalue weighted by atomic mass is 16.5. The van der Waals surface area contributed by atoms with Crippen LogP contribution < -0.4 is 20.5 Å². The van der Waals surface area contributed by atoms with Gasteiger partial charge < -0.3 is 35.1 Å². The Labute approximate surface area is 236 Å². The molecule has 39 heavy (non-hydrogen) atoms. The molecule has 1 aromatic carbocycles. The van der Waals surface area contributed by atoms with Crippen LogP contribution in [0.5, 0.6) is 11.5 Å². The summed E-state index contributed by atoms with van der Waals surface area (Å²) in [5, 5.41) is 14.1. The molecule has 0 radical (unpaired) electrons. The van der Waals surface area contributed by atoms with E-state index in [2.05, 4.69) is 25.2 Å². The lowest BCUT2D eigenvalue weighted by Gasteiger charge is -2.30. The van der Waals surface area contributed by atoms with Crippen molar-refractivity contribution in [2.24, 2.45) is 29.4 Å². The number of benzene rings is 1. The minimum Gasteiger partial charge on any atom is -0.493 e. The third kappa shape index (κ3) is 11.6. The summed E-state index contributed by atoms with van der Waals surface area (Å²) < 4.78 is 22.3. The fourth-order valence-electron chi connectivity index (χ4n) is 5.18. The summed E-state index contributed by atoms with van der Waals surface area (Å²) in [5.41, 5.74) is 7.70. The van der Waals surface area contributed by atoms with Crippen molar-refractivity contribution >= 4 is 5.91 Å². The van der Waals surface area contributed by atoms with Crippen LogP contribution in [0.15, 0.2) is 18.2 Å². The zero-order chi connectivity index (χ0) is 28.8. The van der Waals surface area contributed by atoms with Gasteiger partial charge in [-0.3, -0.25) is 4.79 Å². The van der Waals surface area contributed by atoms with Crippen LogP contribution in [0, 0.1) is 23.7 Å². The van der Waals surface area contributed by atoms with E-state index in [0.29, 0.717) is 44.3 Å². The first-order valence-electron chi connectivity index (χ1n) is 14.8. The molecule has 0 saturated carbocycles. The normalized spacial score (nSPS) is 19.0. The smallest absolute Gasteiger partial charge is 0.223 e. The average Bonchev–Trinajstić information content (AvgIpc) is 2.92. The highest BCUT2D eigenvalue weighted by Gasteiger charge is 2.30. The Morgan fingerprint density at radius 3 is 2.49 bits per heavy atom. The molecule has 0 spiro atoms. The first-order valence-corrected chi connectivity index (χ1v) is 14.8. The third-order valence-electron chi connectivity index (χ3n) is 7.90. The number of hydrogen-bond acceptors (Lipinski definition) is 7. The molecule has 1 aromatic rings. The minimum atomic E-state index is -0.758. The fourth-order valence-corrected chi connectivity index (χ4v) is 5.18. The number of carbonyl (C=O) groups is 1. The van der Waals surface area contributed by atoms with E-state index in [0.717, 1.165) is 50.0 Å². The summed E-state index contributed by atoms with van der Waals surface area (Å²) in [7, 11) is 3.32. The summed E-state index contributed by atoms with van der Waals surface area (Å²) in [6, 6.07) is 5.62. The molecule has 8 nitrogen and oxygen atoms in total. The van der Waals surface area contributed by atoms with E-state index in [4.69, 9.17) is 24.7 Å². The van der Waals surface area contributed by atoms with Gasteiger partial charge in [0.05, 0.1) is 25.9 Å². The zero-order valence-corrected chi connectivity index (χ0v) is 25.1. The largest absolute Gasteiger partial charge is 0.493 e. The van der Waals surface area contributed by atoms with Crippen molar-refractivity contribution in [1.82, 2.24) is 5.32 Å². The predicted octanol–water partition coefficient (Wildman–Crippen LogP) is 4.35. The van der Waals surface area contributed by atoms with E-state index >= 15 is 0 Å². The van der Waals surface area contributed by atoms with Crippen molar-refractivity contribution in [2.75, 3.05) is 40.6 Å². The van der Waals surface area contributed by atoms with Crippen LogP contribution in [0.2, 0.25) is 0 Å². The number of nitrogens with one attached hydrogen (secondary N) is 1. The molecule has 1 saturated heterocycles. The summed E-state index contributed by atoms with van der Waals surface area (Å²) >= 11 is 0. The average molecular weight is 551 g/mol. The van der Waals surface area contributed by atoms with Crippen LogP contribution >= 0.6 is 0 Å². The number of rotatable bonds is 18. The Bertz CT molecular complexity index is 827. The maximum atomic E-state index is 13.0. The molecule has 1 amide bonds. The molecule has 1 heterocycles. The molecular weight excluding hydrogens is 496 g/mol. The molecule has 1 aliphatic heterocycles. The van der Waals surface area contributed by atoms with Crippen LogP contribution in [0.1, 0.15) is 71.8 Å². The van der Waals surface area contributed by atoms with Gasteiger partial charge in [-0.2, -0.15) is 0 Å². The second-order valence-electron chi connectivity index (χ2n) is 11.7. The number of amides is 1. The lowest BCUT2D eigenvalue weighted by molar-refractivity contribution is -0.128. The Balaban J connectivity index is 1.97. The molecule has 1 aliphatic rings. The van der Waals surface area contributed by atoms with Crippen LogP contribution in [0.3, 0.4) is 0 Å². The lowest BCUT2D eigenvalue weighted by Crippen LogP contribution is -2.44. The topological polar surface area (TPSA) is 112 Å². The maximum absolute atomic E-state index is 13.0. The number of aliphatic hydroxyl groups is 1. The van der Waals surface area contributed by atoms with Gasteiger partial charge in [0.25, 0.3) is 0 Å². The van der Waals surface area contributed by atoms with E-state index < -0.39 is 12.1 Å². The van der Waals surface area contributed by atoms with E-state index in [-0.39, 0.29) is 29.8 Å². The zero-order valence-electron chi connectivity index (χ0n) is 25.1. The first kappa shape index (κ1) is 33.3. The van der Waals surface area contributed by atoms with Crippen molar-refractivity contribution < 1.29 is 28.8 Å². The number of ether oxygens (including phenoxy) is 4. The van der Waals surface area contributed by atoms with E-state index in [1.54, 1.807) is 14.2 Å². The minimum absolute atomic E-state index is 0.0258. The molecule has 0 bridgehead atoms. The molecule has 4 N–H and O–H groups in total. The van der Waals surface area contributed by atoms with Crippen molar-refractivity contribution in [3.8, 4) is 11.5 Å². The monoisotopic (exact) mass is 550 g/mol. The Morgan fingerprint density at radius 2 is 1.87 bits per heavy atom. The Kier molecular flexibility index (Phi) is 15.2. The quantitative estimate of drug-likeness (QED) is 0.233. The highest BCUT2D eigenvalue weighted by Crippen LogP contribution is 2.32. The number of aliphatic hydroxyl groups excluding tert-OH is 1. The van der Waals surface area contributed by atoms with Gasteiger partial charge >= 0.3 is 0 Å². The molecule has 0 aromatic heterocycles. The van der Waals surface area contributed by atoms with Gasteiger partial charge in [0.2, 0.25) is 5.91 Å². The van der Waals surface area contributed by atoms with E-state index in [1.165, 1.54) is 0 Å². The summed E-state index contributed by atoms with van der Waals surface area (Å²) in [4.78, 5) is 13.0. The van der Waals surface area contributed by atoms with E-state index in [9.17, 15) is 9.90 Å². The predicted molar refractivity (Wildman–Crippen MR) is 155 cm³/mol. The van der Waals surface area contributed by atoms with Crippen molar-refractivity contribution in [3.63, 3.8) is 0 Å². The molecule has 224 valence electrons. The molecule has 5 atom stereocenters. The van der Waals surface area contributed by atoms with Gasteiger partial charge in [0.15, 0.2) is 11.5 Å². The molecule has 1 fully saturated rings. The van der Waals surface area contributed by atoms with Gasteiger partial charge in [0, 0.05) is 45.2 Å². The van der Waals surface area contributed by atoms with Crippen molar-refractivity contribution in [1.29, 1.82) is 0 Å². The summed E-state index contributed by atoms with van der Waals surface area (Å²) in [5.74, 6) is 1.84. The second kappa shape index (κ2) is 17.7. The van der Waals surface area contributed by atoms with Gasteiger partial charge in [-0.15, -0.1) is 0 Å². The van der Waals surface area contributed by atoms with Crippen molar-refractivity contribution in [2.45, 2.75) is 90.9 Å². The summed E-state index contributed by atoms with van der Waals surface area (Å²) in [6.45, 7) is 10.9. The van der Waals surface area contributed by atoms with Gasteiger partial charge in [-0.1, -0.05) is 33.8 Å². The van der Waals surface area contributed by atoms with Gasteiger partial charge in [0.1, 0.15) is 0 Å². The SMILES string of the molecule is COCCCOc1cc(C[C@@H](C[C@H](N)C(O)CC(C(=O)NC[C@H]2CCCCO2)C(C)C)C(C)C)ccc1OC. The Hall–Kier alpha value is -1.87. The van der Waals surface area contributed by atoms with Gasteiger partial charge in [-0.05, 0) is 74.0 Å². The Morgan fingerprint density at radius 1 is 1.10 bits per heavy atom. The standard InChI is InChI=1S/C31H54N2O6/c1-21(2)24(16-23-11-12-29(37-6)30(17-23)39-15-9-13-36-5)18-27(32)28(34)19-26(22(3)4)31(35)33-20-25-10-7-8-14-38-25/h11-12,17,21-22,24-28,34H,7-10,13-16,18-20,32H2,1-6H3,(H,33,35)/t24-,25+,26?,27-,28?/m0/s1. The molecule has 8 heteroatoms. The third-order valence-corrected chi connectivity index (χ3v) is 7.90. The first-order chi connectivity index (χ1) is 18.7. The van der Waals surface area contributed by atoms with Gasteiger partial charge in [-0.25, -0.2) is 0 Å². The number of nitrogens with two attached hydrogens (primary N) is 1. The maximum Gasteiger partial charge on any atom is 0.223 e. The fraction of sp³-hybridized carbons (Fsp3) is 0.774. The van der Waals surface area contributed by atoms with Crippen LogP contribution in [0.25, 0.3) is 0 Å². The molecule has 0 aliphatic carbocycles. The number of methoxy groups -OCH3 is 2. The van der Waals surface area contributed by atoms with Crippen molar-refractivity contribution in [3.05, 3.63) is 23.8 Å². The highest BCUT2D eigenvalue weighted by molar-refractivity contribution is 5.78.